The predicted molar refractivity (Wildman–Crippen MR) is 84.9 cm³/mol. The van der Waals surface area contributed by atoms with Crippen molar-refractivity contribution in [3.8, 4) is 0 Å². The Morgan fingerprint density at radius 3 is 2.23 bits per heavy atom. The van der Waals surface area contributed by atoms with E-state index < -0.39 is 5.67 Å². The molecule has 0 aromatic rings. The molecule has 5 heteroatoms. The molecular weight excluding hydrogens is 283 g/mol. The van der Waals surface area contributed by atoms with Gasteiger partial charge in [-0.2, -0.15) is 0 Å². The van der Waals surface area contributed by atoms with E-state index in [4.69, 9.17) is 9.47 Å². The maximum atomic E-state index is 14.9. The molecule has 3 rings (SSSR count). The highest BCUT2D eigenvalue weighted by atomic mass is 19.1. The summed E-state index contributed by atoms with van der Waals surface area (Å²) in [5.74, 6) is 0. The molecule has 2 aliphatic heterocycles. The summed E-state index contributed by atoms with van der Waals surface area (Å²) < 4.78 is 26.3. The molecule has 0 amide bonds. The lowest BCUT2D eigenvalue weighted by Gasteiger charge is -2.42. The topological polar surface area (TPSA) is 24.9 Å². The van der Waals surface area contributed by atoms with Gasteiger partial charge < -0.3 is 14.4 Å². The zero-order valence-corrected chi connectivity index (χ0v) is 14.1. The van der Waals surface area contributed by atoms with E-state index in [9.17, 15) is 4.39 Å². The number of hydrogen-bond donors (Lipinski definition) is 0. The van der Waals surface area contributed by atoms with E-state index in [0.29, 0.717) is 37.7 Å². The number of ether oxygens (including phenoxy) is 2. The number of likely N-dealkylation sites (tertiary alicyclic amines) is 2. The fraction of sp³-hybridized carbons (Fsp3) is 1.00. The van der Waals surface area contributed by atoms with Gasteiger partial charge in [-0.1, -0.05) is 0 Å². The Kier molecular flexibility index (Phi) is 5.38. The first-order valence-corrected chi connectivity index (χ1v) is 8.84. The highest BCUT2D eigenvalue weighted by Gasteiger charge is 2.37. The molecule has 0 radical (unpaired) electrons. The molecule has 2 saturated heterocycles. The van der Waals surface area contributed by atoms with Gasteiger partial charge in [0.05, 0.1) is 18.3 Å². The summed E-state index contributed by atoms with van der Waals surface area (Å²) in [4.78, 5) is 4.54. The Hall–Kier alpha value is -0.230. The first kappa shape index (κ1) is 16.6. The van der Waals surface area contributed by atoms with Gasteiger partial charge in [-0.15, -0.1) is 0 Å². The average Bonchev–Trinajstić information content (AvgIpc) is 2.47. The Labute approximate surface area is 133 Å². The summed E-state index contributed by atoms with van der Waals surface area (Å²) in [5, 5.41) is 0. The lowest BCUT2D eigenvalue weighted by atomic mass is 9.91. The number of nitrogens with zero attached hydrogens (tertiary/aromatic N) is 2. The monoisotopic (exact) mass is 314 g/mol. The lowest BCUT2D eigenvalue weighted by Crippen LogP contribution is -2.50. The summed E-state index contributed by atoms with van der Waals surface area (Å²) in [6.07, 6.45) is 6.70. The predicted octanol–water partition coefficient (Wildman–Crippen LogP) is 2.08. The first-order chi connectivity index (χ1) is 10.6. The number of halogens is 1. The van der Waals surface area contributed by atoms with Crippen LogP contribution >= 0.6 is 0 Å². The van der Waals surface area contributed by atoms with E-state index in [1.807, 2.05) is 0 Å². The van der Waals surface area contributed by atoms with Crippen molar-refractivity contribution in [2.24, 2.45) is 0 Å². The molecular formula is C17H31FN2O2. The summed E-state index contributed by atoms with van der Waals surface area (Å²) >= 11 is 0. The third-order valence-corrected chi connectivity index (χ3v) is 5.69. The van der Waals surface area contributed by atoms with Crippen LogP contribution in [0.25, 0.3) is 0 Å². The van der Waals surface area contributed by atoms with Crippen molar-refractivity contribution in [2.75, 3.05) is 46.9 Å². The standard InChI is InChI=1S/C17H31FN2O2/c1-19-9-5-17(18,6-10-19)13-20-7-3-14(4-8-20)22-16-11-15(12-16)21-2/h14-16H,3-13H2,1-2H3. The zero-order chi connectivity index (χ0) is 15.6. The third-order valence-electron chi connectivity index (χ3n) is 5.69. The van der Waals surface area contributed by atoms with Crippen LogP contribution < -0.4 is 0 Å². The minimum Gasteiger partial charge on any atom is -0.381 e. The zero-order valence-electron chi connectivity index (χ0n) is 14.1. The number of hydrogen-bond acceptors (Lipinski definition) is 4. The highest BCUT2D eigenvalue weighted by molar-refractivity contribution is 4.90. The normalized spacial score (nSPS) is 34.5. The fourth-order valence-electron chi connectivity index (χ4n) is 3.87. The SMILES string of the molecule is COC1CC(OC2CCN(CC3(F)CCN(C)CC3)CC2)C1. The first-order valence-electron chi connectivity index (χ1n) is 8.84. The molecule has 0 bridgehead atoms. The fourth-order valence-corrected chi connectivity index (χ4v) is 3.87. The van der Waals surface area contributed by atoms with Gasteiger partial charge in [0.1, 0.15) is 5.67 Å². The summed E-state index contributed by atoms with van der Waals surface area (Å²) in [7, 11) is 3.85. The number of rotatable bonds is 5. The molecule has 0 aromatic carbocycles. The van der Waals surface area contributed by atoms with E-state index in [0.717, 1.165) is 51.9 Å². The molecule has 1 saturated carbocycles. The van der Waals surface area contributed by atoms with Crippen molar-refractivity contribution in [2.45, 2.75) is 62.5 Å². The minimum absolute atomic E-state index is 0.368. The molecule has 0 spiro atoms. The van der Waals surface area contributed by atoms with Gasteiger partial charge in [-0.05, 0) is 45.6 Å². The average molecular weight is 314 g/mol. The molecule has 0 aromatic heterocycles. The second kappa shape index (κ2) is 7.12. The Morgan fingerprint density at radius 1 is 1.00 bits per heavy atom. The second-order valence-electron chi connectivity index (χ2n) is 7.52. The Balaban J connectivity index is 1.35. The van der Waals surface area contributed by atoms with Crippen molar-refractivity contribution in [1.82, 2.24) is 9.80 Å². The van der Waals surface area contributed by atoms with Crippen LogP contribution in [0.5, 0.6) is 0 Å². The minimum atomic E-state index is -0.972. The van der Waals surface area contributed by atoms with Crippen LogP contribution in [0.2, 0.25) is 0 Å². The maximum Gasteiger partial charge on any atom is 0.126 e. The van der Waals surface area contributed by atoms with Crippen molar-refractivity contribution >= 4 is 0 Å². The largest absolute Gasteiger partial charge is 0.381 e. The van der Waals surface area contributed by atoms with Crippen molar-refractivity contribution in [1.29, 1.82) is 0 Å². The van der Waals surface area contributed by atoms with Gasteiger partial charge in [0.2, 0.25) is 0 Å². The van der Waals surface area contributed by atoms with Gasteiger partial charge in [-0.3, -0.25) is 4.90 Å². The van der Waals surface area contributed by atoms with Crippen LogP contribution in [0.4, 0.5) is 4.39 Å². The van der Waals surface area contributed by atoms with E-state index in [1.165, 1.54) is 0 Å². The van der Waals surface area contributed by atoms with Crippen LogP contribution in [0.1, 0.15) is 38.5 Å². The lowest BCUT2D eigenvalue weighted by molar-refractivity contribution is -0.128. The van der Waals surface area contributed by atoms with Gasteiger partial charge in [-0.25, -0.2) is 4.39 Å². The van der Waals surface area contributed by atoms with E-state index in [-0.39, 0.29) is 0 Å². The molecule has 1 aliphatic carbocycles. The van der Waals surface area contributed by atoms with Crippen LogP contribution in [-0.4, -0.2) is 80.7 Å². The van der Waals surface area contributed by atoms with Gasteiger partial charge in [0.15, 0.2) is 0 Å². The Bertz CT molecular complexity index is 347. The van der Waals surface area contributed by atoms with E-state index in [2.05, 4.69) is 16.8 Å². The van der Waals surface area contributed by atoms with E-state index in [1.54, 1.807) is 7.11 Å². The number of piperidine rings is 2. The molecule has 4 nitrogen and oxygen atoms in total. The van der Waals surface area contributed by atoms with Crippen LogP contribution in [0, 0.1) is 0 Å². The van der Waals surface area contributed by atoms with Gasteiger partial charge in [0, 0.05) is 39.8 Å². The smallest absolute Gasteiger partial charge is 0.126 e. The van der Waals surface area contributed by atoms with E-state index >= 15 is 0 Å². The molecule has 2 heterocycles. The number of alkyl halides is 1. The third kappa shape index (κ3) is 4.19. The summed E-state index contributed by atoms with van der Waals surface area (Å²) in [5.41, 5.74) is -0.972. The summed E-state index contributed by atoms with van der Waals surface area (Å²) in [6.45, 7) is 4.35. The highest BCUT2D eigenvalue weighted by Crippen LogP contribution is 2.31. The maximum absolute atomic E-state index is 14.9. The quantitative estimate of drug-likeness (QED) is 0.776. The molecule has 22 heavy (non-hydrogen) atoms. The molecule has 0 N–H and O–H groups in total. The molecule has 3 aliphatic rings. The molecule has 0 atom stereocenters. The van der Waals surface area contributed by atoms with Crippen LogP contribution in [0.15, 0.2) is 0 Å². The van der Waals surface area contributed by atoms with Gasteiger partial charge >= 0.3 is 0 Å². The molecule has 0 unspecified atom stereocenters. The van der Waals surface area contributed by atoms with Gasteiger partial charge in [0.25, 0.3) is 0 Å². The Morgan fingerprint density at radius 2 is 1.64 bits per heavy atom. The summed E-state index contributed by atoms with van der Waals surface area (Å²) in [6, 6.07) is 0. The van der Waals surface area contributed by atoms with Crippen molar-refractivity contribution in [3.05, 3.63) is 0 Å². The van der Waals surface area contributed by atoms with Crippen LogP contribution in [0.3, 0.4) is 0 Å². The number of methoxy groups -OCH3 is 1. The van der Waals surface area contributed by atoms with Crippen molar-refractivity contribution < 1.29 is 13.9 Å². The van der Waals surface area contributed by atoms with Crippen molar-refractivity contribution in [3.63, 3.8) is 0 Å². The molecule has 3 fully saturated rings. The second-order valence-corrected chi connectivity index (χ2v) is 7.52. The molecule has 128 valence electrons. The van der Waals surface area contributed by atoms with Crippen LogP contribution in [-0.2, 0) is 9.47 Å².